The Bertz CT molecular complexity index is 628. The molecule has 0 fully saturated rings. The van der Waals surface area contributed by atoms with E-state index in [4.69, 9.17) is 15.2 Å². The average molecular weight is 274 g/mol. The van der Waals surface area contributed by atoms with Crippen molar-refractivity contribution in [2.45, 2.75) is 6.61 Å². The molecule has 0 aliphatic rings. The van der Waals surface area contributed by atoms with E-state index in [0.29, 0.717) is 17.1 Å². The van der Waals surface area contributed by atoms with Gasteiger partial charge in [0, 0.05) is 11.6 Å². The standard InChI is InChI=1S/C14H14N2O4/c1-19-12-7-2-3-8-13(12)20-9-10-5-4-6-11(14(10)15)16(17)18/h2-8H,9,15H2,1H3. The van der Waals surface area contributed by atoms with Gasteiger partial charge in [0.1, 0.15) is 12.3 Å². The first-order chi connectivity index (χ1) is 9.63. The summed E-state index contributed by atoms with van der Waals surface area (Å²) in [6.45, 7) is 0.133. The van der Waals surface area contributed by atoms with Gasteiger partial charge in [-0.25, -0.2) is 0 Å². The number of nitro groups is 1. The number of nitrogens with two attached hydrogens (primary N) is 1. The van der Waals surface area contributed by atoms with Crippen molar-refractivity contribution in [3.8, 4) is 11.5 Å². The number of methoxy groups -OCH3 is 1. The van der Waals surface area contributed by atoms with Gasteiger partial charge in [0.2, 0.25) is 0 Å². The molecule has 0 saturated heterocycles. The Morgan fingerprint density at radius 3 is 2.50 bits per heavy atom. The molecule has 0 amide bonds. The van der Waals surface area contributed by atoms with E-state index in [1.165, 1.54) is 6.07 Å². The number of rotatable bonds is 5. The van der Waals surface area contributed by atoms with Crippen molar-refractivity contribution in [3.63, 3.8) is 0 Å². The highest BCUT2D eigenvalue weighted by Gasteiger charge is 2.14. The third kappa shape index (κ3) is 2.80. The maximum Gasteiger partial charge on any atom is 0.292 e. The maximum absolute atomic E-state index is 10.8. The SMILES string of the molecule is COc1ccccc1OCc1cccc([N+](=O)[O-])c1N. The molecule has 6 nitrogen and oxygen atoms in total. The quantitative estimate of drug-likeness (QED) is 0.514. The first-order valence-corrected chi connectivity index (χ1v) is 5.91. The van der Waals surface area contributed by atoms with Gasteiger partial charge in [0.15, 0.2) is 11.5 Å². The Morgan fingerprint density at radius 2 is 1.85 bits per heavy atom. The molecular weight excluding hydrogens is 260 g/mol. The minimum atomic E-state index is -0.512. The van der Waals surface area contributed by atoms with Crippen molar-refractivity contribution in [3.05, 3.63) is 58.1 Å². The first-order valence-electron chi connectivity index (χ1n) is 5.91. The van der Waals surface area contributed by atoms with Crippen LogP contribution in [0.15, 0.2) is 42.5 Å². The fourth-order valence-electron chi connectivity index (χ4n) is 1.78. The predicted molar refractivity (Wildman–Crippen MR) is 74.8 cm³/mol. The summed E-state index contributed by atoms with van der Waals surface area (Å²) in [6.07, 6.45) is 0. The number of anilines is 1. The van der Waals surface area contributed by atoms with E-state index in [2.05, 4.69) is 0 Å². The van der Waals surface area contributed by atoms with Gasteiger partial charge in [0.25, 0.3) is 5.69 Å². The zero-order valence-corrected chi connectivity index (χ0v) is 10.9. The molecule has 0 heterocycles. The van der Waals surface area contributed by atoms with Gasteiger partial charge in [-0.15, -0.1) is 0 Å². The van der Waals surface area contributed by atoms with Crippen molar-refractivity contribution in [1.82, 2.24) is 0 Å². The van der Waals surface area contributed by atoms with Crippen LogP contribution in [-0.4, -0.2) is 12.0 Å². The smallest absolute Gasteiger partial charge is 0.292 e. The lowest BCUT2D eigenvalue weighted by Gasteiger charge is -2.11. The zero-order valence-electron chi connectivity index (χ0n) is 10.9. The Kier molecular flexibility index (Phi) is 4.05. The Labute approximate surface area is 115 Å². The van der Waals surface area contributed by atoms with Crippen LogP contribution >= 0.6 is 0 Å². The molecule has 104 valence electrons. The van der Waals surface area contributed by atoms with Gasteiger partial charge in [-0.3, -0.25) is 10.1 Å². The number of benzene rings is 2. The molecule has 2 N–H and O–H groups in total. The molecular formula is C14H14N2O4. The van der Waals surface area contributed by atoms with Crippen LogP contribution in [-0.2, 0) is 6.61 Å². The zero-order chi connectivity index (χ0) is 14.5. The molecule has 0 spiro atoms. The van der Waals surface area contributed by atoms with E-state index in [9.17, 15) is 10.1 Å². The van der Waals surface area contributed by atoms with E-state index in [1.807, 2.05) is 12.1 Å². The number of ether oxygens (including phenoxy) is 2. The number of para-hydroxylation sites is 3. The molecule has 20 heavy (non-hydrogen) atoms. The Balaban J connectivity index is 2.19. The average Bonchev–Trinajstić information content (AvgIpc) is 2.46. The molecule has 2 rings (SSSR count). The van der Waals surface area contributed by atoms with Crippen molar-refractivity contribution in [1.29, 1.82) is 0 Å². The normalized spacial score (nSPS) is 10.1. The third-order valence-corrected chi connectivity index (χ3v) is 2.82. The fraction of sp³-hybridized carbons (Fsp3) is 0.143. The predicted octanol–water partition coefficient (Wildman–Crippen LogP) is 2.76. The second-order valence-corrected chi connectivity index (χ2v) is 4.05. The molecule has 0 aliphatic heterocycles. The summed E-state index contributed by atoms with van der Waals surface area (Å²) >= 11 is 0. The molecule has 0 saturated carbocycles. The highest BCUT2D eigenvalue weighted by Crippen LogP contribution is 2.29. The van der Waals surface area contributed by atoms with Gasteiger partial charge in [0.05, 0.1) is 12.0 Å². The summed E-state index contributed by atoms with van der Waals surface area (Å²) in [5.74, 6) is 1.15. The molecule has 6 heteroatoms. The lowest BCUT2D eigenvalue weighted by atomic mass is 10.1. The van der Waals surface area contributed by atoms with Crippen LogP contribution < -0.4 is 15.2 Å². The van der Waals surface area contributed by atoms with Crippen LogP contribution in [0.25, 0.3) is 0 Å². The number of nitro benzene ring substituents is 1. The molecule has 0 bridgehead atoms. The fourth-order valence-corrected chi connectivity index (χ4v) is 1.78. The van der Waals surface area contributed by atoms with E-state index < -0.39 is 4.92 Å². The van der Waals surface area contributed by atoms with Gasteiger partial charge in [-0.05, 0) is 12.1 Å². The monoisotopic (exact) mass is 274 g/mol. The highest BCUT2D eigenvalue weighted by molar-refractivity contribution is 5.62. The van der Waals surface area contributed by atoms with E-state index in [0.717, 1.165) is 0 Å². The lowest BCUT2D eigenvalue weighted by molar-refractivity contribution is -0.384. The molecule has 2 aromatic rings. The molecule has 0 unspecified atom stereocenters. The number of hydrogen-bond acceptors (Lipinski definition) is 5. The number of nitrogen functional groups attached to an aromatic ring is 1. The number of nitrogens with zero attached hydrogens (tertiary/aromatic N) is 1. The largest absolute Gasteiger partial charge is 0.493 e. The topological polar surface area (TPSA) is 87.6 Å². The van der Waals surface area contributed by atoms with E-state index >= 15 is 0 Å². The second kappa shape index (κ2) is 5.92. The summed E-state index contributed by atoms with van der Waals surface area (Å²) in [6, 6.07) is 11.8. The highest BCUT2D eigenvalue weighted by atomic mass is 16.6. The van der Waals surface area contributed by atoms with Crippen LogP contribution in [0.3, 0.4) is 0 Å². The minimum absolute atomic E-state index is 0.118. The van der Waals surface area contributed by atoms with Crippen LogP contribution in [0.1, 0.15) is 5.56 Å². The van der Waals surface area contributed by atoms with Gasteiger partial charge >= 0.3 is 0 Å². The Hall–Kier alpha value is -2.76. The third-order valence-electron chi connectivity index (χ3n) is 2.82. The van der Waals surface area contributed by atoms with Gasteiger partial charge < -0.3 is 15.2 Å². The summed E-state index contributed by atoms with van der Waals surface area (Å²) in [4.78, 5) is 10.3. The lowest BCUT2D eigenvalue weighted by Crippen LogP contribution is -2.04. The minimum Gasteiger partial charge on any atom is -0.493 e. The first kappa shape index (κ1) is 13.7. The van der Waals surface area contributed by atoms with Crippen molar-refractivity contribution < 1.29 is 14.4 Å². The van der Waals surface area contributed by atoms with Crippen LogP contribution in [0.5, 0.6) is 11.5 Å². The second-order valence-electron chi connectivity index (χ2n) is 4.05. The van der Waals surface area contributed by atoms with Crippen molar-refractivity contribution in [2.75, 3.05) is 12.8 Å². The molecule has 0 radical (unpaired) electrons. The van der Waals surface area contributed by atoms with Crippen LogP contribution in [0.4, 0.5) is 11.4 Å². The maximum atomic E-state index is 10.8. The van der Waals surface area contributed by atoms with Gasteiger partial charge in [-0.1, -0.05) is 24.3 Å². The summed E-state index contributed by atoms with van der Waals surface area (Å²) in [5, 5.41) is 10.8. The molecule has 0 aliphatic carbocycles. The van der Waals surface area contributed by atoms with E-state index in [-0.39, 0.29) is 18.0 Å². The summed E-state index contributed by atoms with van der Waals surface area (Å²) in [5.41, 5.74) is 6.32. The molecule has 0 aromatic heterocycles. The van der Waals surface area contributed by atoms with Crippen LogP contribution in [0, 0.1) is 10.1 Å². The van der Waals surface area contributed by atoms with Gasteiger partial charge in [-0.2, -0.15) is 0 Å². The van der Waals surface area contributed by atoms with E-state index in [1.54, 1.807) is 31.4 Å². The number of hydrogen-bond donors (Lipinski definition) is 1. The van der Waals surface area contributed by atoms with Crippen LogP contribution in [0.2, 0.25) is 0 Å². The Morgan fingerprint density at radius 1 is 1.15 bits per heavy atom. The summed E-state index contributed by atoms with van der Waals surface area (Å²) < 4.78 is 10.8. The molecule has 0 atom stereocenters. The van der Waals surface area contributed by atoms with Crippen molar-refractivity contribution >= 4 is 11.4 Å². The molecule has 2 aromatic carbocycles. The van der Waals surface area contributed by atoms with Crippen molar-refractivity contribution in [2.24, 2.45) is 0 Å². The summed E-state index contributed by atoms with van der Waals surface area (Å²) in [7, 11) is 1.55.